The predicted octanol–water partition coefficient (Wildman–Crippen LogP) is 0.648. The molecule has 1 amide bonds. The summed E-state index contributed by atoms with van der Waals surface area (Å²) < 4.78 is 0. The van der Waals surface area contributed by atoms with Gasteiger partial charge in [-0.2, -0.15) is 5.10 Å². The molecule has 0 saturated heterocycles. The number of rotatable bonds is 1. The van der Waals surface area contributed by atoms with Crippen molar-refractivity contribution in [3.63, 3.8) is 0 Å². The highest BCUT2D eigenvalue weighted by atomic mass is 16.2. The lowest BCUT2D eigenvalue weighted by Gasteiger charge is -1.99. The van der Waals surface area contributed by atoms with Crippen molar-refractivity contribution in [3.8, 4) is 0 Å². The van der Waals surface area contributed by atoms with Crippen molar-refractivity contribution < 1.29 is 4.79 Å². The highest BCUT2D eigenvalue weighted by Gasteiger charge is 2.20. The number of hydrazone groups is 1. The van der Waals surface area contributed by atoms with E-state index in [9.17, 15) is 4.79 Å². The number of aromatic nitrogens is 1. The van der Waals surface area contributed by atoms with Gasteiger partial charge in [-0.3, -0.25) is 9.78 Å². The number of amides is 1. The number of nitrogens with zero attached hydrogens (tertiary/aromatic N) is 3. The maximum atomic E-state index is 11.2. The van der Waals surface area contributed by atoms with Crippen molar-refractivity contribution in [2.24, 2.45) is 5.10 Å². The molecule has 0 aliphatic carbocycles. The lowest BCUT2D eigenvalue weighted by atomic mass is 10.1. The quantitative estimate of drug-likeness (QED) is 0.629. The molecule has 0 unspecified atom stereocenters. The van der Waals surface area contributed by atoms with Crippen LogP contribution in [-0.2, 0) is 4.79 Å². The topological polar surface area (TPSA) is 45.6 Å². The molecule has 1 aliphatic rings. The molecule has 2 rings (SSSR count). The molecule has 0 saturated carbocycles. The summed E-state index contributed by atoms with van der Waals surface area (Å²) in [5.41, 5.74) is 1.78. The van der Waals surface area contributed by atoms with Crippen LogP contribution in [0.1, 0.15) is 12.0 Å². The third-order valence-corrected chi connectivity index (χ3v) is 1.96. The van der Waals surface area contributed by atoms with E-state index in [0.29, 0.717) is 6.42 Å². The Balaban J connectivity index is 2.30. The van der Waals surface area contributed by atoms with E-state index in [1.54, 1.807) is 19.4 Å². The van der Waals surface area contributed by atoms with Crippen LogP contribution in [-0.4, -0.2) is 28.7 Å². The van der Waals surface area contributed by atoms with Crippen LogP contribution in [0.2, 0.25) is 0 Å². The first-order valence-electron chi connectivity index (χ1n) is 4.02. The van der Waals surface area contributed by atoms with Crippen molar-refractivity contribution in [3.05, 3.63) is 30.1 Å². The van der Waals surface area contributed by atoms with E-state index in [1.165, 1.54) is 5.01 Å². The zero-order chi connectivity index (χ0) is 9.26. The van der Waals surface area contributed by atoms with Crippen LogP contribution in [0.5, 0.6) is 0 Å². The van der Waals surface area contributed by atoms with Crippen LogP contribution in [0, 0.1) is 0 Å². The fourth-order valence-electron chi connectivity index (χ4n) is 1.23. The molecular weight excluding hydrogens is 166 g/mol. The minimum Gasteiger partial charge on any atom is -0.273 e. The van der Waals surface area contributed by atoms with Gasteiger partial charge < -0.3 is 0 Å². The normalized spacial score (nSPS) is 16.2. The number of carbonyl (C=O) groups excluding carboxylic acids is 1. The molecule has 0 aromatic carbocycles. The lowest BCUT2D eigenvalue weighted by molar-refractivity contribution is -0.127. The smallest absolute Gasteiger partial charge is 0.248 e. The summed E-state index contributed by atoms with van der Waals surface area (Å²) >= 11 is 0. The van der Waals surface area contributed by atoms with Crippen LogP contribution < -0.4 is 0 Å². The van der Waals surface area contributed by atoms with E-state index in [1.807, 2.05) is 12.1 Å². The first kappa shape index (κ1) is 7.91. The molecule has 4 heteroatoms. The Hall–Kier alpha value is -1.71. The zero-order valence-electron chi connectivity index (χ0n) is 7.27. The van der Waals surface area contributed by atoms with E-state index in [2.05, 4.69) is 10.1 Å². The fraction of sp³-hybridized carbons (Fsp3) is 0.222. The molecule has 0 atom stereocenters. The zero-order valence-corrected chi connectivity index (χ0v) is 7.27. The molecule has 0 fully saturated rings. The second-order valence-corrected chi connectivity index (χ2v) is 2.88. The third kappa shape index (κ3) is 1.42. The average molecular weight is 175 g/mol. The van der Waals surface area contributed by atoms with Gasteiger partial charge in [-0.1, -0.05) is 0 Å². The average Bonchev–Trinajstić information content (AvgIpc) is 2.49. The summed E-state index contributed by atoms with van der Waals surface area (Å²) in [7, 11) is 1.66. The Morgan fingerprint density at radius 3 is 2.62 bits per heavy atom. The molecule has 1 aliphatic heterocycles. The van der Waals surface area contributed by atoms with Crippen LogP contribution in [0.25, 0.3) is 0 Å². The molecular formula is C9H9N3O. The van der Waals surface area contributed by atoms with Crippen LogP contribution in [0.15, 0.2) is 29.6 Å². The highest BCUT2D eigenvalue weighted by molar-refractivity contribution is 6.13. The summed E-state index contributed by atoms with van der Waals surface area (Å²) in [6.45, 7) is 0. The van der Waals surface area contributed by atoms with Crippen molar-refractivity contribution >= 4 is 11.6 Å². The summed E-state index contributed by atoms with van der Waals surface area (Å²) in [5, 5.41) is 5.48. The number of carbonyl (C=O) groups is 1. The van der Waals surface area contributed by atoms with E-state index < -0.39 is 0 Å². The van der Waals surface area contributed by atoms with Gasteiger partial charge in [0.15, 0.2) is 0 Å². The van der Waals surface area contributed by atoms with Gasteiger partial charge in [0, 0.05) is 25.0 Å². The molecule has 13 heavy (non-hydrogen) atoms. The van der Waals surface area contributed by atoms with Gasteiger partial charge >= 0.3 is 0 Å². The minimum atomic E-state index is 0.0341. The molecule has 0 spiro atoms. The maximum absolute atomic E-state index is 11.2. The number of hydrogen-bond donors (Lipinski definition) is 0. The van der Waals surface area contributed by atoms with Crippen molar-refractivity contribution in [1.29, 1.82) is 0 Å². The van der Waals surface area contributed by atoms with Gasteiger partial charge in [-0.25, -0.2) is 5.01 Å². The van der Waals surface area contributed by atoms with Gasteiger partial charge in [0.25, 0.3) is 0 Å². The summed E-state index contributed by atoms with van der Waals surface area (Å²) in [5.74, 6) is 0.0341. The lowest BCUT2D eigenvalue weighted by Crippen LogP contribution is -2.14. The molecule has 2 heterocycles. The van der Waals surface area contributed by atoms with Gasteiger partial charge in [0.05, 0.1) is 12.1 Å². The number of pyridine rings is 1. The third-order valence-electron chi connectivity index (χ3n) is 1.96. The Bertz CT molecular complexity index is 358. The monoisotopic (exact) mass is 175 g/mol. The van der Waals surface area contributed by atoms with E-state index in [0.717, 1.165) is 11.3 Å². The standard InChI is InChI=1S/C9H9N3O/c1-12-9(13)6-8(11-12)7-2-4-10-5-3-7/h2-5H,6H2,1H3. The predicted molar refractivity (Wildman–Crippen MR) is 48.2 cm³/mol. The highest BCUT2D eigenvalue weighted by Crippen LogP contribution is 2.12. The molecule has 0 radical (unpaired) electrons. The van der Waals surface area contributed by atoms with Crippen molar-refractivity contribution in [2.75, 3.05) is 7.05 Å². The summed E-state index contributed by atoms with van der Waals surface area (Å²) in [4.78, 5) is 15.1. The Labute approximate surface area is 75.9 Å². The van der Waals surface area contributed by atoms with Crippen LogP contribution in [0.4, 0.5) is 0 Å². The Morgan fingerprint density at radius 1 is 1.38 bits per heavy atom. The maximum Gasteiger partial charge on any atom is 0.248 e. The largest absolute Gasteiger partial charge is 0.273 e. The van der Waals surface area contributed by atoms with Gasteiger partial charge in [-0.15, -0.1) is 0 Å². The second kappa shape index (κ2) is 2.97. The van der Waals surface area contributed by atoms with Gasteiger partial charge in [0.1, 0.15) is 0 Å². The molecule has 1 aromatic rings. The van der Waals surface area contributed by atoms with Crippen LogP contribution >= 0.6 is 0 Å². The van der Waals surface area contributed by atoms with E-state index >= 15 is 0 Å². The first-order valence-corrected chi connectivity index (χ1v) is 4.02. The molecule has 66 valence electrons. The number of hydrogen-bond acceptors (Lipinski definition) is 3. The van der Waals surface area contributed by atoms with Crippen LogP contribution in [0.3, 0.4) is 0 Å². The first-order chi connectivity index (χ1) is 6.27. The Kier molecular flexibility index (Phi) is 1.81. The van der Waals surface area contributed by atoms with Gasteiger partial charge in [0.2, 0.25) is 5.91 Å². The summed E-state index contributed by atoms with van der Waals surface area (Å²) in [6, 6.07) is 3.70. The minimum absolute atomic E-state index is 0.0341. The van der Waals surface area contributed by atoms with E-state index in [-0.39, 0.29) is 5.91 Å². The second-order valence-electron chi connectivity index (χ2n) is 2.88. The molecule has 0 N–H and O–H groups in total. The van der Waals surface area contributed by atoms with E-state index in [4.69, 9.17) is 0 Å². The SMILES string of the molecule is CN1N=C(c2ccncc2)CC1=O. The van der Waals surface area contributed by atoms with Gasteiger partial charge in [-0.05, 0) is 12.1 Å². The fourth-order valence-corrected chi connectivity index (χ4v) is 1.23. The molecule has 0 bridgehead atoms. The van der Waals surface area contributed by atoms with Crippen molar-refractivity contribution in [1.82, 2.24) is 9.99 Å². The van der Waals surface area contributed by atoms with Crippen molar-refractivity contribution in [2.45, 2.75) is 6.42 Å². The molecule has 4 nitrogen and oxygen atoms in total. The molecule has 1 aromatic heterocycles. The Morgan fingerprint density at radius 2 is 2.08 bits per heavy atom. The summed E-state index contributed by atoms with van der Waals surface area (Å²) in [6.07, 6.45) is 3.78.